The van der Waals surface area contributed by atoms with Crippen LogP contribution in [-0.2, 0) is 20.9 Å². The highest BCUT2D eigenvalue weighted by atomic mass is 79.9. The van der Waals surface area contributed by atoms with Gasteiger partial charge in [0, 0.05) is 15.9 Å². The van der Waals surface area contributed by atoms with Crippen molar-refractivity contribution in [2.45, 2.75) is 13.5 Å². The van der Waals surface area contributed by atoms with Crippen LogP contribution in [0.3, 0.4) is 0 Å². The number of hydrogen-bond acceptors (Lipinski definition) is 5. The van der Waals surface area contributed by atoms with Crippen LogP contribution in [0.1, 0.15) is 18.1 Å². The first-order valence-electron chi connectivity index (χ1n) is 10.4. The Morgan fingerprint density at radius 2 is 1.64 bits per heavy atom. The van der Waals surface area contributed by atoms with Crippen molar-refractivity contribution in [3.05, 3.63) is 111 Å². The standard InChI is InChI=1S/C27H22BrNO4/c1-18-25(27(31)32-2)26(30)24(29(18)22-12-10-21(28)11-13-22)16-19-8-14-23(15-9-19)33-17-20-6-4-3-5-7-20/h3-16H,17H2,1-2H3/b24-16-. The largest absolute Gasteiger partial charge is 0.489 e. The highest BCUT2D eigenvalue weighted by Crippen LogP contribution is 2.36. The van der Waals surface area contributed by atoms with Crippen molar-refractivity contribution in [2.24, 2.45) is 0 Å². The SMILES string of the molecule is COC(=O)C1=C(C)N(c2ccc(Br)cc2)/C(=C\c2ccc(OCc3ccccc3)cc2)C1=O. The topological polar surface area (TPSA) is 55.8 Å². The van der Waals surface area contributed by atoms with Crippen molar-refractivity contribution in [3.63, 3.8) is 0 Å². The molecule has 3 aromatic carbocycles. The molecule has 0 saturated carbocycles. The number of methoxy groups -OCH3 is 1. The third-order valence-electron chi connectivity index (χ3n) is 5.30. The second-order valence-corrected chi connectivity index (χ2v) is 8.38. The zero-order valence-electron chi connectivity index (χ0n) is 18.2. The highest BCUT2D eigenvalue weighted by Gasteiger charge is 2.38. The van der Waals surface area contributed by atoms with Crippen LogP contribution in [-0.4, -0.2) is 18.9 Å². The number of ketones is 1. The van der Waals surface area contributed by atoms with Crippen LogP contribution in [0.4, 0.5) is 5.69 Å². The molecule has 0 aliphatic carbocycles. The maximum absolute atomic E-state index is 13.2. The lowest BCUT2D eigenvalue weighted by Crippen LogP contribution is -2.18. The van der Waals surface area contributed by atoms with Crippen molar-refractivity contribution < 1.29 is 19.1 Å². The van der Waals surface area contributed by atoms with E-state index in [1.165, 1.54) is 7.11 Å². The summed E-state index contributed by atoms with van der Waals surface area (Å²) in [6.07, 6.45) is 1.77. The molecule has 4 rings (SSSR count). The summed E-state index contributed by atoms with van der Waals surface area (Å²) in [6.45, 7) is 2.22. The van der Waals surface area contributed by atoms with Gasteiger partial charge in [-0.15, -0.1) is 0 Å². The number of ether oxygens (including phenoxy) is 2. The molecule has 3 aromatic rings. The molecule has 0 atom stereocenters. The smallest absolute Gasteiger partial charge is 0.343 e. The van der Waals surface area contributed by atoms with Gasteiger partial charge in [-0.1, -0.05) is 58.4 Å². The summed E-state index contributed by atoms with van der Waals surface area (Å²) in [5, 5.41) is 0. The normalized spacial score (nSPS) is 14.7. The lowest BCUT2D eigenvalue weighted by atomic mass is 10.1. The van der Waals surface area contributed by atoms with E-state index in [4.69, 9.17) is 9.47 Å². The van der Waals surface area contributed by atoms with E-state index in [0.717, 1.165) is 27.0 Å². The minimum absolute atomic E-state index is 0.0366. The fourth-order valence-electron chi connectivity index (χ4n) is 3.64. The molecule has 1 aliphatic heterocycles. The Kier molecular flexibility index (Phi) is 6.75. The van der Waals surface area contributed by atoms with Gasteiger partial charge in [0.15, 0.2) is 0 Å². The summed E-state index contributed by atoms with van der Waals surface area (Å²) in [7, 11) is 1.27. The summed E-state index contributed by atoms with van der Waals surface area (Å²) in [5.41, 5.74) is 3.62. The molecule has 166 valence electrons. The van der Waals surface area contributed by atoms with Crippen LogP contribution < -0.4 is 9.64 Å². The van der Waals surface area contributed by atoms with E-state index in [1.807, 2.05) is 78.9 Å². The molecule has 0 bridgehead atoms. The molecule has 0 aromatic heterocycles. The lowest BCUT2D eigenvalue weighted by molar-refractivity contribution is -0.137. The number of nitrogens with zero attached hydrogens (tertiary/aromatic N) is 1. The summed E-state index contributed by atoms with van der Waals surface area (Å²) >= 11 is 3.43. The molecule has 0 N–H and O–H groups in total. The quantitative estimate of drug-likeness (QED) is 0.238. The van der Waals surface area contributed by atoms with Crippen LogP contribution in [0.5, 0.6) is 5.75 Å². The van der Waals surface area contributed by atoms with E-state index >= 15 is 0 Å². The number of Topliss-reactive ketones (excluding diaryl/α,β-unsaturated/α-hetero) is 1. The summed E-state index contributed by atoms with van der Waals surface area (Å²) in [4.78, 5) is 27.3. The fourth-order valence-corrected chi connectivity index (χ4v) is 3.91. The Labute approximate surface area is 201 Å². The molecular weight excluding hydrogens is 482 g/mol. The number of anilines is 1. The number of benzene rings is 3. The minimum atomic E-state index is -0.646. The molecule has 6 heteroatoms. The molecule has 0 amide bonds. The van der Waals surface area contributed by atoms with Crippen molar-refractivity contribution in [1.29, 1.82) is 0 Å². The molecule has 1 aliphatic rings. The zero-order chi connectivity index (χ0) is 23.4. The fraction of sp³-hybridized carbons (Fsp3) is 0.111. The average molecular weight is 504 g/mol. The van der Waals surface area contributed by atoms with Gasteiger partial charge in [0.25, 0.3) is 0 Å². The van der Waals surface area contributed by atoms with Crippen LogP contribution in [0.15, 0.2) is 100 Å². The third kappa shape index (κ3) is 4.91. The molecule has 0 unspecified atom stereocenters. The Morgan fingerprint density at radius 1 is 0.970 bits per heavy atom. The molecule has 5 nitrogen and oxygen atoms in total. The van der Waals surface area contributed by atoms with Crippen molar-refractivity contribution in [1.82, 2.24) is 0 Å². The number of esters is 1. The first kappa shape index (κ1) is 22.6. The molecule has 33 heavy (non-hydrogen) atoms. The molecule has 0 fully saturated rings. The van der Waals surface area contributed by atoms with E-state index in [0.29, 0.717) is 18.0 Å². The van der Waals surface area contributed by atoms with Gasteiger partial charge in [-0.05, 0) is 60.5 Å². The van der Waals surface area contributed by atoms with Crippen LogP contribution >= 0.6 is 15.9 Å². The predicted molar refractivity (Wildman–Crippen MR) is 132 cm³/mol. The van der Waals surface area contributed by atoms with Gasteiger partial charge >= 0.3 is 5.97 Å². The maximum Gasteiger partial charge on any atom is 0.343 e. The van der Waals surface area contributed by atoms with Crippen molar-refractivity contribution >= 4 is 39.4 Å². The molecule has 0 spiro atoms. The Hall–Kier alpha value is -3.64. The summed E-state index contributed by atoms with van der Waals surface area (Å²) < 4.78 is 11.6. The van der Waals surface area contributed by atoms with Crippen molar-refractivity contribution in [2.75, 3.05) is 12.0 Å². The summed E-state index contributed by atoms with van der Waals surface area (Å²) in [5.74, 6) is -0.285. The van der Waals surface area contributed by atoms with Gasteiger partial charge in [0.1, 0.15) is 17.9 Å². The summed E-state index contributed by atoms with van der Waals surface area (Å²) in [6, 6.07) is 25.0. The second kappa shape index (κ2) is 9.88. The minimum Gasteiger partial charge on any atom is -0.489 e. The molecule has 0 radical (unpaired) electrons. The number of allylic oxidation sites excluding steroid dienone is 2. The predicted octanol–water partition coefficient (Wildman–Crippen LogP) is 5.91. The molecule has 1 heterocycles. The second-order valence-electron chi connectivity index (χ2n) is 7.47. The number of halogens is 1. The van der Waals surface area contributed by atoms with E-state index < -0.39 is 5.97 Å². The first-order chi connectivity index (χ1) is 16.0. The van der Waals surface area contributed by atoms with Crippen molar-refractivity contribution in [3.8, 4) is 5.75 Å². The average Bonchev–Trinajstić information content (AvgIpc) is 3.08. The van der Waals surface area contributed by atoms with Gasteiger partial charge in [0.05, 0.1) is 12.8 Å². The highest BCUT2D eigenvalue weighted by molar-refractivity contribution is 9.10. The van der Waals surface area contributed by atoms with Gasteiger partial charge < -0.3 is 14.4 Å². The van der Waals surface area contributed by atoms with E-state index in [2.05, 4.69) is 15.9 Å². The van der Waals surface area contributed by atoms with Gasteiger partial charge in [-0.3, -0.25) is 4.79 Å². The number of carbonyl (C=O) groups is 2. The molecule has 0 saturated heterocycles. The Morgan fingerprint density at radius 3 is 2.27 bits per heavy atom. The van der Waals surface area contributed by atoms with Crippen LogP contribution in [0.25, 0.3) is 6.08 Å². The van der Waals surface area contributed by atoms with E-state index in [1.54, 1.807) is 17.9 Å². The van der Waals surface area contributed by atoms with Crippen LogP contribution in [0, 0.1) is 0 Å². The number of hydrogen-bond donors (Lipinski definition) is 0. The van der Waals surface area contributed by atoms with E-state index in [9.17, 15) is 9.59 Å². The lowest BCUT2D eigenvalue weighted by Gasteiger charge is -2.21. The number of carbonyl (C=O) groups excluding carboxylic acids is 2. The maximum atomic E-state index is 13.2. The Balaban J connectivity index is 1.62. The van der Waals surface area contributed by atoms with Gasteiger partial charge in [-0.2, -0.15) is 0 Å². The van der Waals surface area contributed by atoms with Gasteiger partial charge in [0.2, 0.25) is 5.78 Å². The number of rotatable bonds is 6. The van der Waals surface area contributed by atoms with Gasteiger partial charge in [-0.25, -0.2) is 4.79 Å². The monoisotopic (exact) mass is 503 g/mol. The molecular formula is C27H22BrNO4. The zero-order valence-corrected chi connectivity index (χ0v) is 19.8. The van der Waals surface area contributed by atoms with Crippen LogP contribution in [0.2, 0.25) is 0 Å². The van der Waals surface area contributed by atoms with E-state index in [-0.39, 0.29) is 11.4 Å². The first-order valence-corrected chi connectivity index (χ1v) is 11.2. The Bertz CT molecular complexity index is 1230. The third-order valence-corrected chi connectivity index (χ3v) is 5.83.